The third kappa shape index (κ3) is 6.71. The van der Waals surface area contributed by atoms with Crippen LogP contribution in [0.1, 0.15) is 34.1 Å². The Hall–Kier alpha value is -1.69. The van der Waals surface area contributed by atoms with Crippen LogP contribution in [0.15, 0.2) is 46.1 Å². The van der Waals surface area contributed by atoms with E-state index >= 15 is 0 Å². The maximum absolute atomic E-state index is 14.1. The molecule has 7 nitrogen and oxygen atoms in total. The van der Waals surface area contributed by atoms with Gasteiger partial charge in [-0.2, -0.15) is 8.42 Å². The Labute approximate surface area is 228 Å². The molecule has 0 saturated heterocycles. The quantitative estimate of drug-likeness (QED) is 0.378. The van der Waals surface area contributed by atoms with Gasteiger partial charge in [0, 0.05) is 22.2 Å². The molecule has 0 amide bonds. The van der Waals surface area contributed by atoms with Crippen molar-refractivity contribution in [2.75, 3.05) is 10.8 Å². The van der Waals surface area contributed by atoms with Crippen LogP contribution in [0, 0.1) is 13.8 Å². The van der Waals surface area contributed by atoms with E-state index < -0.39 is 28.7 Å². The van der Waals surface area contributed by atoms with Crippen LogP contribution >= 0.6 is 22.9 Å². The number of aryl methyl sites for hydroxylation is 2. The van der Waals surface area contributed by atoms with Gasteiger partial charge < -0.3 is 14.6 Å². The van der Waals surface area contributed by atoms with Gasteiger partial charge in [0.15, 0.2) is 0 Å². The second kappa shape index (κ2) is 11.8. The summed E-state index contributed by atoms with van der Waals surface area (Å²) < 4.78 is 47.5. The van der Waals surface area contributed by atoms with Crippen LogP contribution in [0.25, 0.3) is 0 Å². The summed E-state index contributed by atoms with van der Waals surface area (Å²) in [5.41, 5.74) is 1.90. The topological polar surface area (TPSA) is 99.6 Å². The fourth-order valence-corrected chi connectivity index (χ4v) is 5.78. The molecule has 0 radical (unpaired) electrons. The molecule has 1 unspecified atom stereocenters. The van der Waals surface area contributed by atoms with Crippen LogP contribution in [0.5, 0.6) is 5.75 Å². The Bertz CT molecular complexity index is 1270. The number of anilines is 1. The third-order valence-corrected chi connectivity index (χ3v) is 8.16. The molecule has 0 aliphatic carbocycles. The van der Waals surface area contributed by atoms with Crippen molar-refractivity contribution in [2.45, 2.75) is 37.9 Å². The van der Waals surface area contributed by atoms with Gasteiger partial charge in [0.1, 0.15) is 18.5 Å². The molecule has 0 aliphatic rings. The van der Waals surface area contributed by atoms with E-state index in [4.69, 9.17) is 16.3 Å². The Balaban J connectivity index is 0.00000408. The second-order valence-electron chi connectivity index (χ2n) is 7.41. The van der Waals surface area contributed by atoms with Crippen molar-refractivity contribution in [1.29, 1.82) is 0 Å². The van der Waals surface area contributed by atoms with Crippen molar-refractivity contribution in [3.8, 4) is 5.75 Å². The Morgan fingerprint density at radius 2 is 1.91 bits per heavy atom. The first-order chi connectivity index (χ1) is 15.5. The molecule has 1 atom stereocenters. The van der Waals surface area contributed by atoms with Crippen LogP contribution in [-0.2, 0) is 16.6 Å². The zero-order valence-electron chi connectivity index (χ0n) is 19.0. The van der Waals surface area contributed by atoms with Crippen LogP contribution < -0.4 is 43.7 Å². The van der Waals surface area contributed by atoms with E-state index in [1.807, 2.05) is 0 Å². The standard InChI is InChI=1S/C22H22ClFN2O5S2.Na/c1-13-8-19(26(10-14(2)24)33(29,30)22-25-15(3)12-32-22)20(9-18(13)23)31-11-16-4-6-17(7-5-16)21(27)28;/h4-9,12,14H,10-11H2,1-3H3,(H,27,28);/q;+1/p-1. The second-order valence-corrected chi connectivity index (χ2v) is 10.7. The SMILES string of the molecule is Cc1csc(S(=O)(=O)N(CC(C)F)c2cc(C)c(Cl)cc2OCc2ccc(C(=O)[O-])cc2)n1.[Na+]. The van der Waals surface area contributed by atoms with Crippen LogP contribution in [-0.4, -0.2) is 32.1 Å². The maximum Gasteiger partial charge on any atom is 1.00 e. The first-order valence-corrected chi connectivity index (χ1v) is 12.5. The number of aromatic carboxylic acids is 1. The molecule has 12 heteroatoms. The summed E-state index contributed by atoms with van der Waals surface area (Å²) in [7, 11) is -4.17. The van der Waals surface area contributed by atoms with Gasteiger partial charge in [-0.05, 0) is 43.5 Å². The number of ether oxygens (including phenoxy) is 1. The van der Waals surface area contributed by atoms with E-state index in [2.05, 4.69) is 4.98 Å². The zero-order chi connectivity index (χ0) is 24.3. The fourth-order valence-electron chi connectivity index (χ4n) is 2.96. The molecule has 1 heterocycles. The van der Waals surface area contributed by atoms with Gasteiger partial charge in [0.05, 0.1) is 18.2 Å². The number of sulfonamides is 1. The molecule has 176 valence electrons. The number of aromatic nitrogens is 1. The van der Waals surface area contributed by atoms with Crippen molar-refractivity contribution in [3.05, 3.63) is 69.2 Å². The number of nitrogens with zero attached hydrogens (tertiary/aromatic N) is 2. The first kappa shape index (κ1) is 28.5. The van der Waals surface area contributed by atoms with Crippen molar-refractivity contribution in [3.63, 3.8) is 0 Å². The van der Waals surface area contributed by atoms with E-state index in [1.165, 1.54) is 31.2 Å². The molecule has 3 rings (SSSR count). The molecule has 0 aliphatic heterocycles. The number of thiazole rings is 1. The zero-order valence-corrected chi connectivity index (χ0v) is 23.4. The first-order valence-electron chi connectivity index (χ1n) is 9.81. The predicted octanol–water partition coefficient (Wildman–Crippen LogP) is 0.913. The van der Waals surface area contributed by atoms with Gasteiger partial charge in [0.2, 0.25) is 4.34 Å². The summed E-state index contributed by atoms with van der Waals surface area (Å²) in [4.78, 5) is 15.0. The predicted molar refractivity (Wildman–Crippen MR) is 123 cm³/mol. The Kier molecular flexibility index (Phi) is 9.93. The molecule has 34 heavy (non-hydrogen) atoms. The summed E-state index contributed by atoms with van der Waals surface area (Å²) in [6, 6.07) is 8.86. The number of hydrogen-bond acceptors (Lipinski definition) is 7. The molecule has 0 fully saturated rings. The average molecular weight is 535 g/mol. The van der Waals surface area contributed by atoms with Crippen molar-refractivity contribution in [2.24, 2.45) is 0 Å². The normalized spacial score (nSPS) is 12.0. The van der Waals surface area contributed by atoms with E-state index in [-0.39, 0.29) is 57.5 Å². The van der Waals surface area contributed by atoms with E-state index in [1.54, 1.807) is 31.4 Å². The third-order valence-electron chi connectivity index (χ3n) is 4.62. The van der Waals surface area contributed by atoms with Crippen LogP contribution in [0.2, 0.25) is 5.02 Å². The number of carbonyl (C=O) groups excluding carboxylic acids is 1. The van der Waals surface area contributed by atoms with Crippen molar-refractivity contribution in [1.82, 2.24) is 4.98 Å². The molecular formula is C22H21ClFN2NaO5S2. The smallest absolute Gasteiger partial charge is 0.545 e. The van der Waals surface area contributed by atoms with Crippen LogP contribution in [0.4, 0.5) is 10.1 Å². The molecular weight excluding hydrogens is 514 g/mol. The van der Waals surface area contributed by atoms with Crippen molar-refractivity contribution >= 4 is 44.6 Å². The number of hydrogen-bond donors (Lipinski definition) is 0. The largest absolute Gasteiger partial charge is 1.00 e. The summed E-state index contributed by atoms with van der Waals surface area (Å²) in [5, 5.41) is 12.9. The molecule has 1 aromatic heterocycles. The van der Waals surface area contributed by atoms with Gasteiger partial charge >= 0.3 is 29.6 Å². The van der Waals surface area contributed by atoms with Crippen LogP contribution in [0.3, 0.4) is 0 Å². The molecule has 0 bridgehead atoms. The summed E-state index contributed by atoms with van der Waals surface area (Å²) in [5.74, 6) is -1.17. The Morgan fingerprint density at radius 1 is 1.26 bits per heavy atom. The number of benzene rings is 2. The molecule has 2 aromatic carbocycles. The number of alkyl halides is 1. The van der Waals surface area contributed by atoms with Gasteiger partial charge in [-0.25, -0.2) is 9.37 Å². The van der Waals surface area contributed by atoms with E-state index in [9.17, 15) is 22.7 Å². The van der Waals surface area contributed by atoms with Gasteiger partial charge in [-0.15, -0.1) is 11.3 Å². The molecule has 0 saturated carbocycles. The summed E-state index contributed by atoms with van der Waals surface area (Å²) in [6.45, 7) is 4.18. The fraction of sp³-hybridized carbons (Fsp3) is 0.273. The number of halogens is 2. The molecule has 0 N–H and O–H groups in total. The number of carboxylic acids is 1. The average Bonchev–Trinajstić information content (AvgIpc) is 3.20. The number of carboxylic acid groups (broad SMARTS) is 1. The summed E-state index contributed by atoms with van der Waals surface area (Å²) >= 11 is 7.21. The molecule has 0 spiro atoms. The summed E-state index contributed by atoms with van der Waals surface area (Å²) in [6.07, 6.45) is -1.47. The van der Waals surface area contributed by atoms with E-state index in [0.717, 1.165) is 15.6 Å². The minimum atomic E-state index is -4.17. The number of carbonyl (C=O) groups is 1. The van der Waals surface area contributed by atoms with Crippen molar-refractivity contribution < 1.29 is 57.0 Å². The molecule has 3 aromatic rings. The Morgan fingerprint density at radius 3 is 2.44 bits per heavy atom. The number of rotatable bonds is 9. The van der Waals surface area contributed by atoms with E-state index in [0.29, 0.717) is 21.8 Å². The van der Waals surface area contributed by atoms with Gasteiger partial charge in [-0.3, -0.25) is 4.31 Å². The van der Waals surface area contributed by atoms with Gasteiger partial charge in [0.25, 0.3) is 10.0 Å². The minimum absolute atomic E-state index is 0. The minimum Gasteiger partial charge on any atom is -0.545 e. The maximum atomic E-state index is 14.1. The van der Waals surface area contributed by atoms with Gasteiger partial charge in [-0.1, -0.05) is 35.9 Å². The monoisotopic (exact) mass is 534 g/mol.